The van der Waals surface area contributed by atoms with Gasteiger partial charge in [-0.25, -0.2) is 4.79 Å². The van der Waals surface area contributed by atoms with Crippen molar-refractivity contribution in [2.45, 2.75) is 32.7 Å². The monoisotopic (exact) mass is 260 g/mol. The van der Waals surface area contributed by atoms with Crippen molar-refractivity contribution >= 4 is 11.9 Å². The van der Waals surface area contributed by atoms with Crippen molar-refractivity contribution in [2.75, 3.05) is 33.4 Å². The normalized spacial score (nSPS) is 11.9. The summed E-state index contributed by atoms with van der Waals surface area (Å²) in [7, 11) is 1.30. The number of methoxy groups -OCH3 is 1. The molecule has 106 valence electrons. The van der Waals surface area contributed by atoms with Crippen molar-refractivity contribution in [3.8, 4) is 0 Å². The number of hydrogen-bond donors (Lipinski definition) is 2. The van der Waals surface area contributed by atoms with Crippen molar-refractivity contribution in [3.63, 3.8) is 0 Å². The average molecular weight is 260 g/mol. The van der Waals surface area contributed by atoms with E-state index in [0.717, 1.165) is 26.0 Å². The molecule has 6 heteroatoms. The Hall–Kier alpha value is -1.14. The van der Waals surface area contributed by atoms with Gasteiger partial charge >= 0.3 is 5.97 Å². The van der Waals surface area contributed by atoms with Gasteiger partial charge in [-0.2, -0.15) is 0 Å². The summed E-state index contributed by atoms with van der Waals surface area (Å²) in [6.45, 7) is 6.00. The van der Waals surface area contributed by atoms with Gasteiger partial charge in [0.15, 0.2) is 0 Å². The van der Waals surface area contributed by atoms with E-state index in [4.69, 9.17) is 4.74 Å². The van der Waals surface area contributed by atoms with E-state index < -0.39 is 12.0 Å². The predicted octanol–water partition coefficient (Wildman–Crippen LogP) is 0.0704. The van der Waals surface area contributed by atoms with Crippen LogP contribution in [-0.2, 0) is 19.1 Å². The molecule has 0 aromatic rings. The van der Waals surface area contributed by atoms with E-state index in [1.54, 1.807) is 0 Å². The van der Waals surface area contributed by atoms with E-state index in [0.29, 0.717) is 13.2 Å². The van der Waals surface area contributed by atoms with E-state index >= 15 is 0 Å². The van der Waals surface area contributed by atoms with Crippen LogP contribution in [0, 0.1) is 0 Å². The van der Waals surface area contributed by atoms with Gasteiger partial charge in [0.1, 0.15) is 6.04 Å². The predicted molar refractivity (Wildman–Crippen MR) is 68.2 cm³/mol. The van der Waals surface area contributed by atoms with E-state index in [1.807, 2.05) is 0 Å². The van der Waals surface area contributed by atoms with Crippen molar-refractivity contribution in [3.05, 3.63) is 0 Å². The van der Waals surface area contributed by atoms with E-state index in [9.17, 15) is 9.59 Å². The molecule has 0 aliphatic rings. The minimum Gasteiger partial charge on any atom is -0.467 e. The summed E-state index contributed by atoms with van der Waals surface area (Å²) in [4.78, 5) is 22.3. The summed E-state index contributed by atoms with van der Waals surface area (Å²) < 4.78 is 9.93. The van der Waals surface area contributed by atoms with Gasteiger partial charge < -0.3 is 20.1 Å². The number of carbonyl (C=O) groups is 2. The largest absolute Gasteiger partial charge is 0.467 e. The second kappa shape index (κ2) is 11.0. The lowest BCUT2D eigenvalue weighted by Crippen LogP contribution is -2.47. The number of nitrogens with one attached hydrogen (secondary N) is 2. The van der Waals surface area contributed by atoms with Crippen LogP contribution in [0.1, 0.15) is 26.7 Å². The zero-order valence-electron chi connectivity index (χ0n) is 11.5. The molecule has 0 fully saturated rings. The Labute approximate surface area is 108 Å². The topological polar surface area (TPSA) is 76.7 Å². The van der Waals surface area contributed by atoms with Gasteiger partial charge in [0.2, 0.25) is 5.91 Å². The minimum absolute atomic E-state index is 0.251. The molecule has 0 aromatic heterocycles. The van der Waals surface area contributed by atoms with Crippen molar-refractivity contribution in [1.29, 1.82) is 0 Å². The smallest absolute Gasteiger partial charge is 0.329 e. The molecule has 2 N–H and O–H groups in total. The maximum absolute atomic E-state index is 11.4. The molecule has 0 bridgehead atoms. The summed E-state index contributed by atoms with van der Waals surface area (Å²) in [5.74, 6) is -0.696. The molecule has 0 saturated carbocycles. The first-order valence-corrected chi connectivity index (χ1v) is 6.25. The van der Waals surface area contributed by atoms with Crippen molar-refractivity contribution < 1.29 is 19.1 Å². The van der Waals surface area contributed by atoms with Gasteiger partial charge in [-0.3, -0.25) is 4.79 Å². The zero-order valence-corrected chi connectivity index (χ0v) is 11.5. The Morgan fingerprint density at radius 1 is 1.28 bits per heavy atom. The van der Waals surface area contributed by atoms with Crippen molar-refractivity contribution in [1.82, 2.24) is 10.6 Å². The number of esters is 1. The maximum atomic E-state index is 11.4. The molecular formula is C12H24N2O4. The highest BCUT2D eigenvalue weighted by atomic mass is 16.5. The molecule has 0 aromatic carbocycles. The molecule has 0 aliphatic carbocycles. The molecular weight excluding hydrogens is 236 g/mol. The lowest BCUT2D eigenvalue weighted by atomic mass is 10.3. The summed E-state index contributed by atoms with van der Waals surface area (Å²) in [6, 6.07) is -0.635. The Kier molecular flexibility index (Phi) is 10.3. The second-order valence-electron chi connectivity index (χ2n) is 3.95. The van der Waals surface area contributed by atoms with Gasteiger partial charge in [0, 0.05) is 26.7 Å². The van der Waals surface area contributed by atoms with Gasteiger partial charge in [-0.1, -0.05) is 6.92 Å². The van der Waals surface area contributed by atoms with Crippen LogP contribution in [-0.4, -0.2) is 51.3 Å². The number of hydrogen-bond acceptors (Lipinski definition) is 5. The molecule has 0 heterocycles. The molecule has 1 unspecified atom stereocenters. The van der Waals surface area contributed by atoms with Crippen LogP contribution in [0.2, 0.25) is 0 Å². The summed E-state index contributed by atoms with van der Waals surface area (Å²) in [5, 5.41) is 5.62. The first-order valence-electron chi connectivity index (χ1n) is 6.25. The Bertz CT molecular complexity index is 246. The Morgan fingerprint density at radius 2 is 2.00 bits per heavy atom. The van der Waals surface area contributed by atoms with Crippen LogP contribution in [0.3, 0.4) is 0 Å². The number of carbonyl (C=O) groups excluding carboxylic acids is 2. The molecule has 1 atom stereocenters. The SMILES string of the molecule is CCCOCCCNCC(NC(C)=O)C(=O)OC. The van der Waals surface area contributed by atoms with Crippen LogP contribution in [0.4, 0.5) is 0 Å². The average Bonchev–Trinajstić information content (AvgIpc) is 2.34. The van der Waals surface area contributed by atoms with Crippen LogP contribution in [0.25, 0.3) is 0 Å². The quantitative estimate of drug-likeness (QED) is 0.429. The lowest BCUT2D eigenvalue weighted by Gasteiger charge is -2.16. The fourth-order valence-electron chi connectivity index (χ4n) is 1.37. The van der Waals surface area contributed by atoms with Crippen LogP contribution in [0.5, 0.6) is 0 Å². The van der Waals surface area contributed by atoms with Gasteiger partial charge in [-0.15, -0.1) is 0 Å². The van der Waals surface area contributed by atoms with Crippen LogP contribution in [0.15, 0.2) is 0 Å². The Balaban J connectivity index is 3.69. The van der Waals surface area contributed by atoms with Crippen molar-refractivity contribution in [2.24, 2.45) is 0 Å². The van der Waals surface area contributed by atoms with E-state index in [1.165, 1.54) is 14.0 Å². The molecule has 18 heavy (non-hydrogen) atoms. The second-order valence-corrected chi connectivity index (χ2v) is 3.95. The minimum atomic E-state index is -0.635. The summed E-state index contributed by atoms with van der Waals surface area (Å²) in [6.07, 6.45) is 1.88. The zero-order chi connectivity index (χ0) is 13.8. The van der Waals surface area contributed by atoms with Crippen LogP contribution < -0.4 is 10.6 Å². The third kappa shape index (κ3) is 8.95. The van der Waals surface area contributed by atoms with E-state index in [2.05, 4.69) is 22.3 Å². The molecule has 0 rings (SSSR count). The maximum Gasteiger partial charge on any atom is 0.329 e. The highest BCUT2D eigenvalue weighted by Gasteiger charge is 2.19. The molecule has 0 aliphatic heterocycles. The Morgan fingerprint density at radius 3 is 2.56 bits per heavy atom. The molecule has 0 radical (unpaired) electrons. The molecule has 0 spiro atoms. The first kappa shape index (κ1) is 16.9. The molecule has 6 nitrogen and oxygen atoms in total. The lowest BCUT2D eigenvalue weighted by molar-refractivity contribution is -0.144. The third-order valence-electron chi connectivity index (χ3n) is 2.20. The highest BCUT2D eigenvalue weighted by molar-refractivity contribution is 5.83. The molecule has 0 saturated heterocycles. The third-order valence-corrected chi connectivity index (χ3v) is 2.20. The number of ether oxygens (including phenoxy) is 2. The number of rotatable bonds is 10. The first-order chi connectivity index (χ1) is 8.61. The van der Waals surface area contributed by atoms with Gasteiger partial charge in [0.05, 0.1) is 7.11 Å². The van der Waals surface area contributed by atoms with Crippen LogP contribution >= 0.6 is 0 Å². The highest BCUT2D eigenvalue weighted by Crippen LogP contribution is 1.88. The standard InChI is InChI=1S/C12H24N2O4/c1-4-7-18-8-5-6-13-9-11(12(16)17-3)14-10(2)15/h11,13H,4-9H2,1-3H3,(H,14,15). The van der Waals surface area contributed by atoms with Gasteiger partial charge in [-0.05, 0) is 19.4 Å². The fourth-order valence-corrected chi connectivity index (χ4v) is 1.37. The molecule has 1 amide bonds. The van der Waals surface area contributed by atoms with E-state index in [-0.39, 0.29) is 5.91 Å². The summed E-state index contributed by atoms with van der Waals surface area (Å²) in [5.41, 5.74) is 0. The summed E-state index contributed by atoms with van der Waals surface area (Å²) >= 11 is 0. The van der Waals surface area contributed by atoms with Gasteiger partial charge in [0.25, 0.3) is 0 Å². The fraction of sp³-hybridized carbons (Fsp3) is 0.833. The number of amides is 1.